The molecule has 4 aromatic rings. The van der Waals surface area contributed by atoms with Crippen LogP contribution in [0, 0.1) is 11.3 Å². The maximum atomic E-state index is 12.6. The van der Waals surface area contributed by atoms with Crippen LogP contribution in [0.3, 0.4) is 0 Å². The fourth-order valence-corrected chi connectivity index (χ4v) is 6.12. The Morgan fingerprint density at radius 3 is 2.24 bits per heavy atom. The van der Waals surface area contributed by atoms with Gasteiger partial charge in [-0.3, -0.25) is 4.21 Å². The molecule has 4 rings (SSSR count). The molecule has 3 nitrogen and oxygen atoms in total. The van der Waals surface area contributed by atoms with Crippen molar-refractivity contribution in [1.29, 1.82) is 5.26 Å². The Morgan fingerprint density at radius 1 is 0.909 bits per heavy atom. The van der Waals surface area contributed by atoms with Crippen LogP contribution in [-0.2, 0) is 16.6 Å². The average molecular weight is 534 g/mol. The first-order chi connectivity index (χ1) is 16.1. The number of rotatable bonds is 8. The molecule has 0 saturated carbocycles. The van der Waals surface area contributed by atoms with Gasteiger partial charge in [-0.1, -0.05) is 88.7 Å². The molecule has 0 bridgehead atoms. The topological polar surface area (TPSA) is 53.8 Å². The maximum absolute atomic E-state index is 12.6. The van der Waals surface area contributed by atoms with Crippen LogP contribution in [0.15, 0.2) is 100 Å². The van der Waals surface area contributed by atoms with E-state index in [1.54, 1.807) is 0 Å². The Bertz CT molecular complexity index is 1290. The van der Waals surface area contributed by atoms with Crippen molar-refractivity contribution < 1.29 is 4.21 Å². The van der Waals surface area contributed by atoms with Crippen LogP contribution in [0.25, 0.3) is 22.4 Å². The third-order valence-electron chi connectivity index (χ3n) is 5.04. The number of halogens is 1. The van der Waals surface area contributed by atoms with E-state index >= 15 is 0 Å². The van der Waals surface area contributed by atoms with E-state index in [1.165, 1.54) is 11.8 Å². The number of hydrogen-bond acceptors (Lipinski definition) is 4. The molecule has 0 radical (unpaired) electrons. The Morgan fingerprint density at radius 2 is 1.58 bits per heavy atom. The summed E-state index contributed by atoms with van der Waals surface area (Å²) in [6.07, 6.45) is 0. The van der Waals surface area contributed by atoms with Crippen LogP contribution in [0.1, 0.15) is 11.1 Å². The molecular weight excluding hydrogens is 512 g/mol. The summed E-state index contributed by atoms with van der Waals surface area (Å²) in [5.41, 5.74) is 5.26. The van der Waals surface area contributed by atoms with Crippen LogP contribution < -0.4 is 0 Å². The number of aromatic nitrogens is 1. The van der Waals surface area contributed by atoms with Crippen molar-refractivity contribution in [2.75, 3.05) is 11.5 Å². The van der Waals surface area contributed by atoms with E-state index in [1.807, 2.05) is 91.0 Å². The van der Waals surface area contributed by atoms with Crippen molar-refractivity contribution in [3.8, 4) is 28.5 Å². The van der Waals surface area contributed by atoms with E-state index in [2.05, 4.69) is 22.0 Å². The predicted molar refractivity (Wildman–Crippen MR) is 141 cm³/mol. The quantitative estimate of drug-likeness (QED) is 0.227. The first-order valence-corrected chi connectivity index (χ1v) is 13.7. The first kappa shape index (κ1) is 23.4. The van der Waals surface area contributed by atoms with Gasteiger partial charge in [0.1, 0.15) is 11.1 Å². The lowest BCUT2D eigenvalue weighted by atomic mass is 9.99. The third kappa shape index (κ3) is 6.20. The van der Waals surface area contributed by atoms with Crippen molar-refractivity contribution >= 4 is 38.5 Å². The Balaban J connectivity index is 1.61. The molecule has 0 N–H and O–H groups in total. The minimum atomic E-state index is -0.975. The van der Waals surface area contributed by atoms with Gasteiger partial charge in [0.05, 0.1) is 11.3 Å². The number of hydrogen-bond donors (Lipinski definition) is 0. The lowest BCUT2D eigenvalue weighted by Crippen LogP contribution is -2.04. The van der Waals surface area contributed by atoms with E-state index in [4.69, 9.17) is 4.98 Å². The summed E-state index contributed by atoms with van der Waals surface area (Å²) in [5, 5.41) is 10.7. The van der Waals surface area contributed by atoms with E-state index in [9.17, 15) is 9.47 Å². The minimum Gasteiger partial charge on any atom is -0.259 e. The van der Waals surface area contributed by atoms with E-state index in [-0.39, 0.29) is 0 Å². The SMILES string of the molecule is N#Cc1c(-c2ccccc2)cc(-c2ccc(Br)cc2)nc1SCCS(=O)Cc1ccccc1. The molecule has 3 aromatic carbocycles. The van der Waals surface area contributed by atoms with Gasteiger partial charge < -0.3 is 0 Å². The molecule has 6 heteroatoms. The zero-order valence-corrected chi connectivity index (χ0v) is 21.0. The standard InChI is InChI=1S/C27H21BrN2OS2/c28-23-13-11-22(12-14-23)26-17-24(21-9-5-2-6-10-21)25(18-29)27(30-26)32-15-16-33(31)19-20-7-3-1-4-8-20/h1-14,17H,15-16,19H2. The molecule has 0 aliphatic heterocycles. The molecule has 0 spiro atoms. The van der Waals surface area contributed by atoms with Crippen LogP contribution in [0.2, 0.25) is 0 Å². The van der Waals surface area contributed by atoms with Gasteiger partial charge in [-0.2, -0.15) is 5.26 Å². The maximum Gasteiger partial charge on any atom is 0.115 e. The second-order valence-corrected chi connectivity index (χ2v) is 10.9. The second-order valence-electron chi connectivity index (χ2n) is 7.34. The van der Waals surface area contributed by atoms with Crippen LogP contribution in [0.5, 0.6) is 0 Å². The summed E-state index contributed by atoms with van der Waals surface area (Å²) >= 11 is 4.98. The molecular formula is C27H21BrN2OS2. The van der Waals surface area contributed by atoms with Crippen molar-refractivity contribution in [2.24, 2.45) is 0 Å². The summed E-state index contributed by atoms with van der Waals surface area (Å²) in [7, 11) is -0.975. The van der Waals surface area contributed by atoms with E-state index in [0.717, 1.165) is 32.4 Å². The predicted octanol–water partition coefficient (Wildman–Crippen LogP) is 7.09. The normalized spacial score (nSPS) is 11.6. The lowest BCUT2D eigenvalue weighted by Gasteiger charge is -2.13. The van der Waals surface area contributed by atoms with Crippen molar-refractivity contribution in [3.05, 3.63) is 107 Å². The summed E-state index contributed by atoms with van der Waals surface area (Å²) in [5.74, 6) is 1.70. The molecule has 1 heterocycles. The minimum absolute atomic E-state index is 0.536. The third-order valence-corrected chi connectivity index (χ3v) is 8.12. The largest absolute Gasteiger partial charge is 0.259 e. The molecule has 0 aliphatic carbocycles. The molecule has 0 saturated heterocycles. The van der Waals surface area contributed by atoms with Gasteiger partial charge in [0.15, 0.2) is 0 Å². The van der Waals surface area contributed by atoms with Crippen molar-refractivity contribution in [2.45, 2.75) is 10.8 Å². The Kier molecular flexibility index (Phi) is 8.11. The average Bonchev–Trinajstić information content (AvgIpc) is 2.85. The number of thioether (sulfide) groups is 1. The van der Waals surface area contributed by atoms with Gasteiger partial charge in [0.2, 0.25) is 0 Å². The highest BCUT2D eigenvalue weighted by molar-refractivity contribution is 9.10. The molecule has 33 heavy (non-hydrogen) atoms. The van der Waals surface area contributed by atoms with Gasteiger partial charge in [-0.25, -0.2) is 4.98 Å². The summed E-state index contributed by atoms with van der Waals surface area (Å²) in [6.45, 7) is 0. The van der Waals surface area contributed by atoms with Crippen molar-refractivity contribution in [3.63, 3.8) is 0 Å². The Labute approximate surface area is 209 Å². The molecule has 164 valence electrons. The second kappa shape index (κ2) is 11.4. The number of pyridine rings is 1. The molecule has 0 fully saturated rings. The van der Waals surface area contributed by atoms with Gasteiger partial charge >= 0.3 is 0 Å². The van der Waals surface area contributed by atoms with E-state index in [0.29, 0.717) is 27.8 Å². The molecule has 1 aromatic heterocycles. The highest BCUT2D eigenvalue weighted by Crippen LogP contribution is 2.34. The molecule has 1 atom stereocenters. The zero-order chi connectivity index (χ0) is 23.0. The number of nitrogens with zero attached hydrogens (tertiary/aromatic N) is 2. The highest BCUT2D eigenvalue weighted by atomic mass is 79.9. The number of benzene rings is 3. The summed E-state index contributed by atoms with van der Waals surface area (Å²) in [6, 6.07) is 32.1. The van der Waals surface area contributed by atoms with Gasteiger partial charge in [0.25, 0.3) is 0 Å². The van der Waals surface area contributed by atoms with Gasteiger partial charge in [0, 0.05) is 43.7 Å². The van der Waals surface area contributed by atoms with Gasteiger partial charge in [-0.05, 0) is 29.3 Å². The fourth-order valence-electron chi connectivity index (χ4n) is 3.41. The smallest absolute Gasteiger partial charge is 0.115 e. The van der Waals surface area contributed by atoms with Crippen LogP contribution in [0.4, 0.5) is 0 Å². The molecule has 0 aliphatic rings. The Hall–Kier alpha value is -2.72. The van der Waals surface area contributed by atoms with E-state index < -0.39 is 10.8 Å². The first-order valence-electron chi connectivity index (χ1n) is 10.4. The molecule has 0 amide bonds. The fraction of sp³-hybridized carbons (Fsp3) is 0.111. The number of nitriles is 1. The van der Waals surface area contributed by atoms with Crippen LogP contribution in [-0.4, -0.2) is 20.7 Å². The van der Waals surface area contributed by atoms with Crippen molar-refractivity contribution in [1.82, 2.24) is 4.98 Å². The van der Waals surface area contributed by atoms with Crippen LogP contribution >= 0.6 is 27.7 Å². The zero-order valence-electron chi connectivity index (χ0n) is 17.8. The summed E-state index contributed by atoms with van der Waals surface area (Å²) in [4.78, 5) is 4.84. The monoisotopic (exact) mass is 532 g/mol. The highest BCUT2D eigenvalue weighted by Gasteiger charge is 2.16. The molecule has 1 unspecified atom stereocenters. The van der Waals surface area contributed by atoms with Gasteiger partial charge in [-0.15, -0.1) is 11.8 Å². The summed E-state index contributed by atoms with van der Waals surface area (Å²) < 4.78 is 13.6. The lowest BCUT2D eigenvalue weighted by molar-refractivity contribution is 0.683.